The first-order valence-corrected chi connectivity index (χ1v) is 11.2. The Kier molecular flexibility index (Phi) is 10.8. The number of rotatable bonds is 13. The van der Waals surface area contributed by atoms with Crippen molar-refractivity contribution in [3.8, 4) is 5.75 Å². The number of carbonyl (C=O) groups excluding carboxylic acids is 2. The molecule has 0 unspecified atom stereocenters. The van der Waals surface area contributed by atoms with Gasteiger partial charge in [-0.2, -0.15) is 0 Å². The lowest BCUT2D eigenvalue weighted by Gasteiger charge is -2.21. The van der Waals surface area contributed by atoms with Gasteiger partial charge in [-0.25, -0.2) is 4.79 Å². The van der Waals surface area contributed by atoms with Crippen LogP contribution in [0.5, 0.6) is 5.75 Å². The summed E-state index contributed by atoms with van der Waals surface area (Å²) in [4.78, 5) is 37.2. The van der Waals surface area contributed by atoms with Gasteiger partial charge in [-0.1, -0.05) is 55.8 Å². The predicted molar refractivity (Wildman–Crippen MR) is 128 cm³/mol. The number of hydrogen-bond acceptors (Lipinski definition) is 6. The molecule has 0 saturated heterocycles. The topological polar surface area (TPSA) is 137 Å². The van der Waals surface area contributed by atoms with Crippen LogP contribution in [0.4, 0.5) is 0 Å². The van der Waals surface area contributed by atoms with Gasteiger partial charge < -0.3 is 30.9 Å². The third kappa shape index (κ3) is 8.66. The summed E-state index contributed by atoms with van der Waals surface area (Å²) in [5.41, 5.74) is 0.890. The van der Waals surface area contributed by atoms with Crippen molar-refractivity contribution in [1.82, 2.24) is 16.0 Å². The van der Waals surface area contributed by atoms with Crippen molar-refractivity contribution in [2.24, 2.45) is 0 Å². The molecule has 0 fully saturated rings. The van der Waals surface area contributed by atoms with Crippen molar-refractivity contribution in [2.45, 2.75) is 38.4 Å². The molecule has 0 heterocycles. The van der Waals surface area contributed by atoms with Crippen LogP contribution in [-0.2, 0) is 16.0 Å². The molecule has 2 aromatic carbocycles. The van der Waals surface area contributed by atoms with E-state index < -0.39 is 36.5 Å². The first-order valence-electron chi connectivity index (χ1n) is 10.9. The number of hydrogen-bond donors (Lipinski definition) is 5. The van der Waals surface area contributed by atoms with E-state index in [1.165, 1.54) is 6.07 Å². The van der Waals surface area contributed by atoms with E-state index in [0.717, 1.165) is 5.56 Å². The third-order valence-electron chi connectivity index (χ3n) is 4.80. The van der Waals surface area contributed by atoms with Gasteiger partial charge in [-0.05, 0) is 23.8 Å². The van der Waals surface area contributed by atoms with E-state index in [0.29, 0.717) is 23.9 Å². The smallest absolute Gasteiger partial charge is 0.328 e. The number of aliphatic carboxylic acids is 1. The largest absolute Gasteiger partial charge is 0.491 e. The molecule has 0 aliphatic rings. The maximum Gasteiger partial charge on any atom is 0.328 e. The Bertz CT molecular complexity index is 970. The van der Waals surface area contributed by atoms with Crippen molar-refractivity contribution >= 4 is 29.4 Å². The summed E-state index contributed by atoms with van der Waals surface area (Å²) in [6, 6.07) is 11.2. The second-order valence-corrected chi connectivity index (χ2v) is 8.33. The normalized spacial score (nSPS) is 12.6. The number of halogens is 1. The van der Waals surface area contributed by atoms with E-state index in [1.54, 1.807) is 36.4 Å². The molecule has 184 valence electrons. The molecule has 0 saturated carbocycles. The fourth-order valence-electron chi connectivity index (χ4n) is 3.07. The number of carboxylic acid groups (broad SMARTS) is 1. The van der Waals surface area contributed by atoms with E-state index in [1.807, 2.05) is 19.9 Å². The van der Waals surface area contributed by atoms with Gasteiger partial charge in [-0.3, -0.25) is 9.59 Å². The SMILES string of the molecule is CC(C)NCCOc1ccc(Cl)cc1C(=O)N[C@@H](Cc1ccccc1)C(=O)N[C@@H](CO)C(=O)O. The van der Waals surface area contributed by atoms with Gasteiger partial charge in [0.15, 0.2) is 0 Å². The number of ether oxygens (including phenoxy) is 1. The molecule has 0 bridgehead atoms. The highest BCUT2D eigenvalue weighted by molar-refractivity contribution is 6.31. The van der Waals surface area contributed by atoms with Crippen LogP contribution in [0, 0.1) is 0 Å². The maximum atomic E-state index is 13.1. The van der Waals surface area contributed by atoms with Gasteiger partial charge in [0.05, 0.1) is 12.2 Å². The Balaban J connectivity index is 2.22. The molecular formula is C24H30ClN3O6. The number of amides is 2. The van der Waals surface area contributed by atoms with Crippen molar-refractivity contribution in [3.05, 3.63) is 64.7 Å². The van der Waals surface area contributed by atoms with Gasteiger partial charge in [-0.15, -0.1) is 0 Å². The maximum absolute atomic E-state index is 13.1. The summed E-state index contributed by atoms with van der Waals surface area (Å²) in [7, 11) is 0. The Labute approximate surface area is 203 Å². The zero-order valence-corrected chi connectivity index (χ0v) is 19.8. The van der Waals surface area contributed by atoms with Crippen LogP contribution in [0.2, 0.25) is 5.02 Å². The van der Waals surface area contributed by atoms with E-state index in [-0.39, 0.29) is 18.0 Å². The molecule has 0 radical (unpaired) electrons. The first-order chi connectivity index (χ1) is 16.2. The molecule has 10 heteroatoms. The summed E-state index contributed by atoms with van der Waals surface area (Å²) in [6.07, 6.45) is 0.102. The Morgan fingerprint density at radius 1 is 1.03 bits per heavy atom. The fraction of sp³-hybridized carbons (Fsp3) is 0.375. The van der Waals surface area contributed by atoms with Crippen LogP contribution in [0.3, 0.4) is 0 Å². The van der Waals surface area contributed by atoms with Gasteiger partial charge in [0.25, 0.3) is 5.91 Å². The summed E-state index contributed by atoms with van der Waals surface area (Å²) in [5.74, 6) is -2.45. The highest BCUT2D eigenvalue weighted by atomic mass is 35.5. The van der Waals surface area contributed by atoms with Gasteiger partial charge >= 0.3 is 5.97 Å². The van der Waals surface area contributed by atoms with E-state index in [4.69, 9.17) is 21.4 Å². The Morgan fingerprint density at radius 3 is 2.35 bits per heavy atom. The van der Waals surface area contributed by atoms with Crippen molar-refractivity contribution in [3.63, 3.8) is 0 Å². The highest BCUT2D eigenvalue weighted by Crippen LogP contribution is 2.23. The van der Waals surface area contributed by atoms with E-state index >= 15 is 0 Å². The molecule has 0 aliphatic heterocycles. The molecular weight excluding hydrogens is 462 g/mol. The average molecular weight is 492 g/mol. The molecule has 0 spiro atoms. The lowest BCUT2D eigenvalue weighted by Crippen LogP contribution is -2.53. The molecule has 0 aromatic heterocycles. The second-order valence-electron chi connectivity index (χ2n) is 7.90. The molecule has 2 atom stereocenters. The predicted octanol–water partition coefficient (Wildman–Crippen LogP) is 1.62. The fourth-order valence-corrected chi connectivity index (χ4v) is 3.24. The van der Waals surface area contributed by atoms with Crippen LogP contribution < -0.4 is 20.7 Å². The van der Waals surface area contributed by atoms with Crippen LogP contribution in [0.1, 0.15) is 29.8 Å². The number of aliphatic hydroxyl groups excluding tert-OH is 1. The van der Waals surface area contributed by atoms with Crippen molar-refractivity contribution < 1.29 is 29.3 Å². The molecule has 2 rings (SSSR count). The lowest BCUT2D eigenvalue weighted by atomic mass is 10.0. The Morgan fingerprint density at radius 2 is 1.74 bits per heavy atom. The van der Waals surface area contributed by atoms with Gasteiger partial charge in [0, 0.05) is 24.0 Å². The standard InChI is InChI=1S/C24H30ClN3O6/c1-15(2)26-10-11-34-21-9-8-17(25)13-18(21)22(30)27-19(12-16-6-4-3-5-7-16)23(31)28-20(14-29)24(32)33/h3-9,13,15,19-20,26,29H,10-12,14H2,1-2H3,(H,27,30)(H,28,31)(H,32,33)/t19-,20-/m0/s1. The minimum absolute atomic E-state index is 0.102. The zero-order valence-electron chi connectivity index (χ0n) is 19.1. The quantitative estimate of drug-likeness (QED) is 0.268. The zero-order chi connectivity index (χ0) is 25.1. The Hall–Kier alpha value is -3.14. The van der Waals surface area contributed by atoms with E-state index in [9.17, 15) is 19.5 Å². The second kappa shape index (κ2) is 13.5. The number of nitrogens with one attached hydrogen (secondary N) is 3. The van der Waals surface area contributed by atoms with Crippen LogP contribution in [0.25, 0.3) is 0 Å². The third-order valence-corrected chi connectivity index (χ3v) is 5.04. The van der Waals surface area contributed by atoms with Crippen LogP contribution >= 0.6 is 11.6 Å². The summed E-state index contributed by atoms with van der Waals surface area (Å²) < 4.78 is 5.74. The summed E-state index contributed by atoms with van der Waals surface area (Å²) in [6.45, 7) is 4.10. The highest BCUT2D eigenvalue weighted by Gasteiger charge is 2.27. The molecule has 5 N–H and O–H groups in total. The van der Waals surface area contributed by atoms with Crippen LogP contribution in [0.15, 0.2) is 48.5 Å². The van der Waals surface area contributed by atoms with E-state index in [2.05, 4.69) is 16.0 Å². The first kappa shape index (κ1) is 27.1. The summed E-state index contributed by atoms with van der Waals surface area (Å²) >= 11 is 6.09. The molecule has 2 aromatic rings. The minimum Gasteiger partial charge on any atom is -0.491 e. The molecule has 0 aliphatic carbocycles. The number of benzene rings is 2. The number of carbonyl (C=O) groups is 3. The van der Waals surface area contributed by atoms with Gasteiger partial charge in [0.1, 0.15) is 24.4 Å². The lowest BCUT2D eigenvalue weighted by molar-refractivity contribution is -0.143. The molecule has 9 nitrogen and oxygen atoms in total. The number of aliphatic hydroxyl groups is 1. The van der Waals surface area contributed by atoms with Crippen LogP contribution in [-0.4, -0.2) is 65.9 Å². The minimum atomic E-state index is -1.50. The number of carboxylic acids is 1. The molecule has 2 amide bonds. The molecule has 34 heavy (non-hydrogen) atoms. The summed E-state index contributed by atoms with van der Waals surface area (Å²) in [5, 5.41) is 26.8. The van der Waals surface area contributed by atoms with Gasteiger partial charge in [0.2, 0.25) is 5.91 Å². The average Bonchev–Trinajstić information content (AvgIpc) is 2.80. The van der Waals surface area contributed by atoms with Crippen molar-refractivity contribution in [1.29, 1.82) is 0 Å². The monoisotopic (exact) mass is 491 g/mol. The van der Waals surface area contributed by atoms with Crippen molar-refractivity contribution in [2.75, 3.05) is 19.8 Å².